The molecule has 0 aliphatic rings. The molecule has 2 N–H and O–H groups in total. The molecule has 0 aliphatic carbocycles. The molecule has 0 spiro atoms. The van der Waals surface area contributed by atoms with Crippen molar-refractivity contribution in [3.8, 4) is 17.2 Å². The minimum atomic E-state index is -4.19. The van der Waals surface area contributed by atoms with Gasteiger partial charge in [0, 0.05) is 6.07 Å². The van der Waals surface area contributed by atoms with Gasteiger partial charge in [-0.25, -0.2) is 13.8 Å². The second-order valence-corrected chi connectivity index (χ2v) is 12.1. The Morgan fingerprint density at radius 2 is 1.54 bits per heavy atom. The zero-order valence-corrected chi connectivity index (χ0v) is 26.8. The third-order valence-corrected chi connectivity index (χ3v) is 8.65. The van der Waals surface area contributed by atoms with Crippen LogP contribution in [0.4, 0.5) is 5.69 Å². The molecule has 0 aliphatic heterocycles. The number of amides is 2. The molecule has 46 heavy (non-hydrogen) atoms. The predicted molar refractivity (Wildman–Crippen MR) is 176 cm³/mol. The first-order valence-electron chi connectivity index (χ1n) is 14.3. The SMILES string of the molecule is COc1ccc(S(=O)(=O)N(CC(=O)N/N=C\c2ccc(OCC(=O)N[C@H](C)c3ccccc3)cc2)c2ccc(C)cc2)cc1OC. The number of rotatable bonds is 14. The van der Waals surface area contributed by atoms with E-state index in [1.807, 2.05) is 44.2 Å². The standard InChI is InChI=1S/C34H36N4O7S/c1-24-10-14-28(15-11-24)38(46(41,42)30-18-19-31(43-3)32(20-30)44-4)22-33(39)37-35-21-26-12-16-29(17-13-26)45-23-34(40)36-25(2)27-8-6-5-7-9-27/h5-21,25H,22-23H2,1-4H3,(H,36,40)(H,37,39)/b35-21-/t25-/m1/s1. The average molecular weight is 645 g/mol. The van der Waals surface area contributed by atoms with Crippen molar-refractivity contribution in [2.45, 2.75) is 24.8 Å². The number of nitrogens with zero attached hydrogens (tertiary/aromatic N) is 2. The molecule has 0 aromatic heterocycles. The number of hydrogen-bond acceptors (Lipinski definition) is 8. The molecule has 0 saturated heterocycles. The topological polar surface area (TPSA) is 136 Å². The summed E-state index contributed by atoms with van der Waals surface area (Å²) in [6.45, 7) is 3.10. The lowest BCUT2D eigenvalue weighted by Crippen LogP contribution is -2.39. The smallest absolute Gasteiger partial charge is 0.264 e. The Morgan fingerprint density at radius 1 is 0.870 bits per heavy atom. The normalized spacial score (nSPS) is 11.8. The molecule has 12 heteroatoms. The summed E-state index contributed by atoms with van der Waals surface area (Å²) in [5.41, 5.74) is 5.26. The van der Waals surface area contributed by atoms with Gasteiger partial charge in [-0.05, 0) is 73.5 Å². The van der Waals surface area contributed by atoms with Crippen molar-refractivity contribution in [3.05, 3.63) is 114 Å². The van der Waals surface area contributed by atoms with Crippen LogP contribution >= 0.6 is 0 Å². The number of anilines is 1. The van der Waals surface area contributed by atoms with E-state index >= 15 is 0 Å². The van der Waals surface area contributed by atoms with Gasteiger partial charge >= 0.3 is 0 Å². The zero-order chi connectivity index (χ0) is 33.1. The lowest BCUT2D eigenvalue weighted by atomic mass is 10.1. The number of sulfonamides is 1. The van der Waals surface area contributed by atoms with E-state index in [9.17, 15) is 18.0 Å². The number of hydrazone groups is 1. The lowest BCUT2D eigenvalue weighted by Gasteiger charge is -2.24. The van der Waals surface area contributed by atoms with E-state index < -0.39 is 22.5 Å². The summed E-state index contributed by atoms with van der Waals surface area (Å²) in [5.74, 6) is 0.180. The van der Waals surface area contributed by atoms with Gasteiger partial charge in [0.25, 0.3) is 21.8 Å². The van der Waals surface area contributed by atoms with Crippen LogP contribution in [0.3, 0.4) is 0 Å². The van der Waals surface area contributed by atoms with E-state index in [4.69, 9.17) is 14.2 Å². The van der Waals surface area contributed by atoms with Gasteiger partial charge in [-0.2, -0.15) is 5.10 Å². The summed E-state index contributed by atoms with van der Waals surface area (Å²) in [7, 11) is -1.33. The fraction of sp³-hybridized carbons (Fsp3) is 0.206. The Bertz CT molecular complexity index is 1760. The molecule has 4 aromatic rings. The first kappa shape index (κ1) is 33.5. The van der Waals surface area contributed by atoms with Gasteiger partial charge in [0.1, 0.15) is 12.3 Å². The molecule has 2 amide bonds. The minimum absolute atomic E-state index is 0.0764. The number of methoxy groups -OCH3 is 2. The molecule has 240 valence electrons. The van der Waals surface area contributed by atoms with Crippen LogP contribution in [0.5, 0.6) is 17.2 Å². The van der Waals surface area contributed by atoms with Gasteiger partial charge < -0.3 is 19.5 Å². The van der Waals surface area contributed by atoms with E-state index in [0.29, 0.717) is 22.7 Å². The highest BCUT2D eigenvalue weighted by atomic mass is 32.2. The second kappa shape index (κ2) is 15.6. The third kappa shape index (κ3) is 8.85. The Morgan fingerprint density at radius 3 is 2.20 bits per heavy atom. The maximum Gasteiger partial charge on any atom is 0.264 e. The molecule has 0 saturated carbocycles. The van der Waals surface area contributed by atoms with Crippen molar-refractivity contribution >= 4 is 33.7 Å². The van der Waals surface area contributed by atoms with Crippen LogP contribution in [0, 0.1) is 6.92 Å². The molecular weight excluding hydrogens is 608 g/mol. The number of benzene rings is 4. The van der Waals surface area contributed by atoms with E-state index in [0.717, 1.165) is 15.4 Å². The fourth-order valence-corrected chi connectivity index (χ4v) is 5.82. The Balaban J connectivity index is 1.37. The van der Waals surface area contributed by atoms with Crippen molar-refractivity contribution in [2.24, 2.45) is 5.10 Å². The van der Waals surface area contributed by atoms with E-state index in [2.05, 4.69) is 15.8 Å². The highest BCUT2D eigenvalue weighted by Gasteiger charge is 2.28. The number of nitrogens with one attached hydrogen (secondary N) is 2. The van der Waals surface area contributed by atoms with Crippen LogP contribution in [0.25, 0.3) is 0 Å². The van der Waals surface area contributed by atoms with Crippen molar-refractivity contribution < 1.29 is 32.2 Å². The first-order chi connectivity index (χ1) is 22.1. The third-order valence-electron chi connectivity index (χ3n) is 6.88. The number of aryl methyl sites for hydroxylation is 1. The van der Waals surface area contributed by atoms with E-state index in [-0.39, 0.29) is 29.2 Å². The van der Waals surface area contributed by atoms with Gasteiger partial charge in [0.05, 0.1) is 37.1 Å². The van der Waals surface area contributed by atoms with Crippen molar-refractivity contribution in [1.29, 1.82) is 0 Å². The highest BCUT2D eigenvalue weighted by molar-refractivity contribution is 7.92. The highest BCUT2D eigenvalue weighted by Crippen LogP contribution is 2.32. The molecule has 1 atom stereocenters. The van der Waals surface area contributed by atoms with Gasteiger partial charge in [0.2, 0.25) is 0 Å². The van der Waals surface area contributed by atoms with Crippen molar-refractivity contribution in [1.82, 2.24) is 10.7 Å². The molecule has 11 nitrogen and oxygen atoms in total. The molecule has 0 unspecified atom stereocenters. The molecule has 0 bridgehead atoms. The van der Waals surface area contributed by atoms with Crippen LogP contribution in [-0.4, -0.2) is 53.8 Å². The quantitative estimate of drug-likeness (QED) is 0.151. The zero-order valence-electron chi connectivity index (χ0n) is 26.0. The van der Waals surface area contributed by atoms with Crippen LogP contribution in [0.1, 0.15) is 29.7 Å². The van der Waals surface area contributed by atoms with Crippen LogP contribution in [0.2, 0.25) is 0 Å². The Labute approximate surface area is 268 Å². The summed E-state index contributed by atoms with van der Waals surface area (Å²) < 4.78 is 44.6. The molecule has 0 heterocycles. The van der Waals surface area contributed by atoms with Crippen LogP contribution in [0.15, 0.2) is 107 Å². The van der Waals surface area contributed by atoms with Gasteiger partial charge in [0.15, 0.2) is 18.1 Å². The molecular formula is C34H36N4O7S. The molecule has 4 aromatic carbocycles. The van der Waals surface area contributed by atoms with Crippen molar-refractivity contribution in [3.63, 3.8) is 0 Å². The van der Waals surface area contributed by atoms with Crippen LogP contribution in [-0.2, 0) is 19.6 Å². The maximum absolute atomic E-state index is 13.7. The van der Waals surface area contributed by atoms with E-state index in [1.165, 1.54) is 38.6 Å². The number of carbonyl (C=O) groups is 2. The monoisotopic (exact) mass is 644 g/mol. The fourth-order valence-electron chi connectivity index (χ4n) is 4.38. The van der Waals surface area contributed by atoms with Crippen LogP contribution < -0.4 is 29.3 Å². The minimum Gasteiger partial charge on any atom is -0.493 e. The first-order valence-corrected chi connectivity index (χ1v) is 15.7. The summed E-state index contributed by atoms with van der Waals surface area (Å²) in [6, 6.07) is 27.2. The summed E-state index contributed by atoms with van der Waals surface area (Å²) in [5, 5.41) is 6.88. The molecule has 0 fully saturated rings. The molecule has 0 radical (unpaired) electrons. The van der Waals surface area contributed by atoms with E-state index in [1.54, 1.807) is 48.5 Å². The summed E-state index contributed by atoms with van der Waals surface area (Å²) >= 11 is 0. The average Bonchev–Trinajstić information content (AvgIpc) is 3.07. The van der Waals surface area contributed by atoms with Gasteiger partial charge in [-0.3, -0.25) is 13.9 Å². The van der Waals surface area contributed by atoms with Gasteiger partial charge in [-0.1, -0.05) is 48.0 Å². The van der Waals surface area contributed by atoms with Gasteiger partial charge in [-0.15, -0.1) is 0 Å². The number of carbonyl (C=O) groups excluding carboxylic acids is 2. The number of ether oxygens (including phenoxy) is 3. The van der Waals surface area contributed by atoms with Crippen molar-refractivity contribution in [2.75, 3.05) is 31.7 Å². The lowest BCUT2D eigenvalue weighted by molar-refractivity contribution is -0.123. The predicted octanol–water partition coefficient (Wildman–Crippen LogP) is 4.61. The Hall–Kier alpha value is -5.36. The molecule has 4 rings (SSSR count). The second-order valence-electron chi connectivity index (χ2n) is 10.2. The largest absolute Gasteiger partial charge is 0.493 e. The number of hydrogen-bond donors (Lipinski definition) is 2. The maximum atomic E-state index is 13.7. The summed E-state index contributed by atoms with van der Waals surface area (Å²) in [4.78, 5) is 25.1. The Kier molecular flexibility index (Phi) is 11.4. The summed E-state index contributed by atoms with van der Waals surface area (Å²) in [6.07, 6.45) is 1.41.